The molecule has 1 saturated carbocycles. The molecule has 0 bridgehead atoms. The van der Waals surface area contributed by atoms with Crippen LogP contribution in [0.3, 0.4) is 0 Å². The molecular weight excluding hydrogens is 390 g/mol. The first kappa shape index (κ1) is 20.1. The number of imide groups is 1. The number of para-hydroxylation sites is 1. The van der Waals surface area contributed by atoms with Gasteiger partial charge in [0.2, 0.25) is 17.6 Å². The van der Waals surface area contributed by atoms with E-state index in [1.807, 2.05) is 0 Å². The highest BCUT2D eigenvalue weighted by molar-refractivity contribution is 6.07. The van der Waals surface area contributed by atoms with Crippen molar-refractivity contribution in [1.29, 1.82) is 0 Å². The van der Waals surface area contributed by atoms with Crippen LogP contribution in [0.4, 0.5) is 0 Å². The van der Waals surface area contributed by atoms with Gasteiger partial charge < -0.3 is 13.9 Å². The summed E-state index contributed by atoms with van der Waals surface area (Å²) in [6.07, 6.45) is 3.21. The molecule has 2 amide bonds. The molecule has 0 spiro atoms. The van der Waals surface area contributed by atoms with Crippen LogP contribution in [0.2, 0.25) is 0 Å². The van der Waals surface area contributed by atoms with Crippen LogP contribution in [0.5, 0.6) is 0 Å². The number of fused-ring (bicyclic) bond motifs is 2. The number of benzene rings is 1. The molecule has 2 atom stereocenters. The van der Waals surface area contributed by atoms with Crippen molar-refractivity contribution in [2.24, 2.45) is 11.8 Å². The lowest BCUT2D eigenvalue weighted by molar-refractivity contribution is -0.153. The molecule has 2 heterocycles. The maximum Gasteiger partial charge on any atom is 0.374 e. The maximum atomic E-state index is 12.5. The van der Waals surface area contributed by atoms with Gasteiger partial charge in [-0.15, -0.1) is 0 Å². The summed E-state index contributed by atoms with van der Waals surface area (Å²) in [5.41, 5.74) is 0.866. The van der Waals surface area contributed by atoms with E-state index in [-0.39, 0.29) is 42.6 Å². The number of esters is 2. The Morgan fingerprint density at radius 1 is 1.07 bits per heavy atom. The molecule has 1 aliphatic heterocycles. The maximum absolute atomic E-state index is 12.5. The summed E-state index contributed by atoms with van der Waals surface area (Å²) in [5, 5.41) is 0.632. The fraction of sp³-hybridized carbons (Fsp3) is 0.455. The number of ether oxygens (including phenoxy) is 2. The Labute approximate surface area is 173 Å². The second kappa shape index (κ2) is 8.30. The van der Waals surface area contributed by atoms with Crippen molar-refractivity contribution in [2.75, 3.05) is 13.2 Å². The number of furan rings is 1. The van der Waals surface area contributed by atoms with Crippen LogP contribution in [0.1, 0.15) is 48.7 Å². The Morgan fingerprint density at radius 2 is 1.73 bits per heavy atom. The molecule has 1 saturated heterocycles. The molecule has 4 rings (SSSR count). The van der Waals surface area contributed by atoms with Gasteiger partial charge in [0.25, 0.3) is 0 Å². The molecular formula is C22H23NO7. The van der Waals surface area contributed by atoms with Crippen LogP contribution in [0, 0.1) is 11.8 Å². The van der Waals surface area contributed by atoms with E-state index in [0.717, 1.165) is 17.7 Å². The number of amides is 2. The lowest BCUT2D eigenvalue weighted by atomic mass is 9.81. The van der Waals surface area contributed by atoms with Crippen LogP contribution < -0.4 is 0 Å². The second-order valence-corrected chi connectivity index (χ2v) is 7.55. The Bertz CT molecular complexity index is 984. The van der Waals surface area contributed by atoms with Crippen LogP contribution in [-0.2, 0) is 30.5 Å². The average Bonchev–Trinajstić information content (AvgIpc) is 3.24. The summed E-state index contributed by atoms with van der Waals surface area (Å²) in [4.78, 5) is 50.7. The number of hydrogen-bond donors (Lipinski definition) is 0. The Hall–Kier alpha value is -3.16. The third kappa shape index (κ3) is 3.58. The Balaban J connectivity index is 1.47. The number of nitrogens with zero attached hydrogens (tertiary/aromatic N) is 1. The highest BCUT2D eigenvalue weighted by Crippen LogP contribution is 2.38. The van der Waals surface area contributed by atoms with Crippen molar-refractivity contribution in [1.82, 2.24) is 4.90 Å². The molecule has 8 heteroatoms. The quantitative estimate of drug-likeness (QED) is 0.530. The van der Waals surface area contributed by atoms with Gasteiger partial charge in [0, 0.05) is 5.39 Å². The van der Waals surface area contributed by atoms with Gasteiger partial charge in [-0.25, -0.2) is 4.79 Å². The summed E-state index contributed by atoms with van der Waals surface area (Å²) < 4.78 is 15.9. The molecule has 1 aromatic heterocycles. The summed E-state index contributed by atoms with van der Waals surface area (Å²) in [5.74, 6) is -2.58. The van der Waals surface area contributed by atoms with Gasteiger partial charge in [0.15, 0.2) is 0 Å². The van der Waals surface area contributed by atoms with Gasteiger partial charge in [-0.3, -0.25) is 19.3 Å². The number of hydrogen-bond acceptors (Lipinski definition) is 7. The molecule has 8 nitrogen and oxygen atoms in total. The highest BCUT2D eigenvalue weighted by Gasteiger charge is 2.48. The fourth-order valence-corrected chi connectivity index (χ4v) is 4.32. The van der Waals surface area contributed by atoms with Crippen LogP contribution >= 0.6 is 0 Å². The van der Waals surface area contributed by atoms with E-state index in [2.05, 4.69) is 0 Å². The van der Waals surface area contributed by atoms with Crippen molar-refractivity contribution < 1.29 is 33.1 Å². The minimum atomic E-state index is -0.713. The molecule has 30 heavy (non-hydrogen) atoms. The molecule has 2 aliphatic rings. The van der Waals surface area contributed by atoms with E-state index in [4.69, 9.17) is 13.9 Å². The summed E-state index contributed by atoms with van der Waals surface area (Å²) in [7, 11) is 0. The lowest BCUT2D eigenvalue weighted by Crippen LogP contribution is -2.36. The summed E-state index contributed by atoms with van der Waals surface area (Å²) >= 11 is 0. The number of rotatable bonds is 6. The summed E-state index contributed by atoms with van der Waals surface area (Å²) in [6, 6.07) is 7.00. The van der Waals surface area contributed by atoms with Crippen LogP contribution in [0.15, 0.2) is 28.7 Å². The van der Waals surface area contributed by atoms with Crippen molar-refractivity contribution in [3.8, 4) is 0 Å². The predicted octanol–water partition coefficient (Wildman–Crippen LogP) is 2.83. The second-order valence-electron chi connectivity index (χ2n) is 7.55. The first-order valence-corrected chi connectivity index (χ1v) is 10.2. The molecule has 158 valence electrons. The van der Waals surface area contributed by atoms with E-state index in [1.165, 1.54) is 0 Å². The van der Waals surface area contributed by atoms with Crippen molar-refractivity contribution >= 4 is 34.7 Å². The first-order valence-electron chi connectivity index (χ1n) is 10.2. The topological polar surface area (TPSA) is 103 Å². The van der Waals surface area contributed by atoms with Gasteiger partial charge in [-0.2, -0.15) is 0 Å². The lowest BCUT2D eigenvalue weighted by Gasteiger charge is -2.19. The van der Waals surface area contributed by atoms with Crippen molar-refractivity contribution in [2.45, 2.75) is 39.2 Å². The number of carbonyl (C=O) groups excluding carboxylic acids is 4. The van der Waals surface area contributed by atoms with Gasteiger partial charge in [0.05, 0.1) is 24.0 Å². The minimum absolute atomic E-state index is 0.0230. The molecule has 1 aliphatic carbocycles. The van der Waals surface area contributed by atoms with Crippen LogP contribution in [0.25, 0.3) is 11.0 Å². The van der Waals surface area contributed by atoms with Gasteiger partial charge >= 0.3 is 11.9 Å². The molecule has 0 radical (unpaired) electrons. The average molecular weight is 413 g/mol. The zero-order valence-electron chi connectivity index (χ0n) is 16.7. The minimum Gasteiger partial charge on any atom is -0.460 e. The molecule has 2 aromatic rings. The zero-order chi connectivity index (χ0) is 21.3. The SMILES string of the molecule is CCOC(=O)c1oc2ccccc2c1COC(=O)CN1C(=O)[C@@H]2CCCC[C@H]2C1=O. The molecule has 2 fully saturated rings. The van der Waals surface area contributed by atoms with Gasteiger partial charge in [-0.1, -0.05) is 31.0 Å². The first-order chi connectivity index (χ1) is 14.5. The molecule has 0 unspecified atom stereocenters. The van der Waals surface area contributed by atoms with E-state index >= 15 is 0 Å². The Morgan fingerprint density at radius 3 is 2.40 bits per heavy atom. The normalized spacial score (nSPS) is 21.0. The van der Waals surface area contributed by atoms with Crippen molar-refractivity contribution in [3.63, 3.8) is 0 Å². The van der Waals surface area contributed by atoms with E-state index in [0.29, 0.717) is 29.4 Å². The molecule has 1 aromatic carbocycles. The third-order valence-electron chi connectivity index (χ3n) is 5.76. The Kier molecular flexibility index (Phi) is 5.57. The summed E-state index contributed by atoms with van der Waals surface area (Å²) in [6.45, 7) is 1.21. The number of likely N-dealkylation sites (tertiary alicyclic amines) is 1. The highest BCUT2D eigenvalue weighted by atomic mass is 16.5. The number of carbonyl (C=O) groups is 4. The van der Waals surface area contributed by atoms with E-state index in [9.17, 15) is 19.2 Å². The smallest absolute Gasteiger partial charge is 0.374 e. The van der Waals surface area contributed by atoms with Gasteiger partial charge in [-0.05, 0) is 25.8 Å². The predicted molar refractivity (Wildman–Crippen MR) is 104 cm³/mol. The zero-order valence-corrected chi connectivity index (χ0v) is 16.7. The monoisotopic (exact) mass is 413 g/mol. The fourth-order valence-electron chi connectivity index (χ4n) is 4.32. The van der Waals surface area contributed by atoms with E-state index < -0.39 is 18.5 Å². The van der Waals surface area contributed by atoms with Crippen molar-refractivity contribution in [3.05, 3.63) is 35.6 Å². The standard InChI is InChI=1S/C22H23NO7/c1-2-28-22(27)19-16(13-7-5-6-10-17(13)30-19)12-29-18(24)11-23-20(25)14-8-3-4-9-15(14)21(23)26/h5-7,10,14-15H,2-4,8-9,11-12H2,1H3/t14-,15-/m1/s1. The largest absolute Gasteiger partial charge is 0.460 e. The molecule has 0 N–H and O–H groups in total. The van der Waals surface area contributed by atoms with E-state index in [1.54, 1.807) is 31.2 Å². The van der Waals surface area contributed by atoms with Crippen LogP contribution in [-0.4, -0.2) is 41.8 Å². The third-order valence-corrected chi connectivity index (χ3v) is 5.76. The van der Waals surface area contributed by atoms with Gasteiger partial charge in [0.1, 0.15) is 18.7 Å².